The second-order valence-corrected chi connectivity index (χ2v) is 8.35. The summed E-state index contributed by atoms with van der Waals surface area (Å²) in [7, 11) is 1.84. The second-order valence-electron chi connectivity index (χ2n) is 7.91. The van der Waals surface area contributed by atoms with Gasteiger partial charge in [-0.25, -0.2) is 4.79 Å². The van der Waals surface area contributed by atoms with E-state index < -0.39 is 18.2 Å². The monoisotopic (exact) mass is 416 g/mol. The van der Waals surface area contributed by atoms with Crippen LogP contribution < -0.4 is 4.74 Å². The number of aliphatic carboxylic acids is 1. The number of likely N-dealkylation sites (tertiary alicyclic amines) is 1. The lowest BCUT2D eigenvalue weighted by molar-refractivity contribution is -0.933. The van der Waals surface area contributed by atoms with Gasteiger partial charge in [-0.1, -0.05) is 36.7 Å². The van der Waals surface area contributed by atoms with Crippen LogP contribution in [0, 0.1) is 0 Å². The third-order valence-electron chi connectivity index (χ3n) is 5.93. The van der Waals surface area contributed by atoms with Gasteiger partial charge in [0.1, 0.15) is 11.5 Å². The zero-order chi connectivity index (χ0) is 20.8. The Bertz CT molecular complexity index is 977. The summed E-state index contributed by atoms with van der Waals surface area (Å²) in [6, 6.07) is 13.3. The van der Waals surface area contributed by atoms with E-state index in [1.165, 1.54) is 0 Å². The van der Waals surface area contributed by atoms with Gasteiger partial charge in [0.05, 0.1) is 20.1 Å². The molecule has 1 saturated heterocycles. The van der Waals surface area contributed by atoms with E-state index in [2.05, 4.69) is 0 Å². The molecule has 0 spiro atoms. The minimum Gasteiger partial charge on any atom is -0.474 e. The fraction of sp³-hybridized carbons (Fsp3) is 0.364. The molecule has 0 aliphatic carbocycles. The predicted molar refractivity (Wildman–Crippen MR) is 107 cm³/mol. The van der Waals surface area contributed by atoms with Gasteiger partial charge in [-0.3, -0.25) is 9.28 Å². The molecule has 4 rings (SSSR count). The number of rotatable bonds is 4. The normalized spacial score (nSPS) is 25.6. The zero-order valence-electron chi connectivity index (χ0n) is 16.3. The molecule has 2 aliphatic heterocycles. The van der Waals surface area contributed by atoms with Gasteiger partial charge in [-0.05, 0) is 24.3 Å². The van der Waals surface area contributed by atoms with Crippen LogP contribution in [-0.2, 0) is 14.3 Å². The van der Waals surface area contributed by atoms with Gasteiger partial charge in [0, 0.05) is 34.4 Å². The Labute approximate surface area is 174 Å². The van der Waals surface area contributed by atoms with Crippen molar-refractivity contribution >= 4 is 23.5 Å². The second kappa shape index (κ2) is 7.35. The Morgan fingerprint density at radius 3 is 2.52 bits per heavy atom. The van der Waals surface area contributed by atoms with Gasteiger partial charge in [0.25, 0.3) is 0 Å². The Morgan fingerprint density at radius 2 is 1.83 bits per heavy atom. The van der Waals surface area contributed by atoms with Gasteiger partial charge in [-0.15, -0.1) is 0 Å². The fourth-order valence-electron chi connectivity index (χ4n) is 4.60. The van der Waals surface area contributed by atoms with Crippen molar-refractivity contribution in [2.75, 3.05) is 20.1 Å². The minimum atomic E-state index is -1.26. The van der Waals surface area contributed by atoms with Gasteiger partial charge < -0.3 is 14.6 Å². The van der Waals surface area contributed by atoms with Gasteiger partial charge in [-0.2, -0.15) is 0 Å². The summed E-state index contributed by atoms with van der Waals surface area (Å²) in [4.78, 5) is 23.9. The molecule has 0 bridgehead atoms. The van der Waals surface area contributed by atoms with Crippen LogP contribution in [0.4, 0.5) is 0 Å². The number of carbonyl (C=O) groups is 2. The number of nitrogens with zero attached hydrogens (tertiary/aromatic N) is 1. The molecule has 7 heteroatoms. The van der Waals surface area contributed by atoms with E-state index in [1.54, 1.807) is 13.0 Å². The number of likely N-dealkylation sites (N-methyl/N-ethyl adjacent to an activating group) is 1. The lowest BCUT2D eigenvalue weighted by Gasteiger charge is -2.34. The molecule has 2 aliphatic rings. The summed E-state index contributed by atoms with van der Waals surface area (Å²) >= 11 is 6.28. The molecule has 0 radical (unpaired) electrons. The highest BCUT2D eigenvalue weighted by Gasteiger charge is 2.54. The molecule has 0 amide bonds. The molecule has 2 aromatic rings. The maximum atomic E-state index is 12.0. The summed E-state index contributed by atoms with van der Waals surface area (Å²) < 4.78 is 11.6. The van der Waals surface area contributed by atoms with E-state index in [0.29, 0.717) is 18.1 Å². The third kappa shape index (κ3) is 3.47. The Hall–Kier alpha value is -2.57. The number of hydrogen-bond donors (Lipinski definition) is 1. The van der Waals surface area contributed by atoms with Crippen LogP contribution in [0.15, 0.2) is 42.5 Å². The molecule has 2 aromatic carbocycles. The number of para-hydroxylation sites is 1. The summed E-state index contributed by atoms with van der Waals surface area (Å²) in [6.07, 6.45) is -1.13. The van der Waals surface area contributed by atoms with Crippen molar-refractivity contribution in [2.45, 2.75) is 31.4 Å². The van der Waals surface area contributed by atoms with Crippen molar-refractivity contribution < 1.29 is 28.7 Å². The molecule has 2 heterocycles. The number of carbonyl (C=O) groups excluding carboxylic acids is 1. The van der Waals surface area contributed by atoms with E-state index in [4.69, 9.17) is 21.1 Å². The third-order valence-corrected chi connectivity index (χ3v) is 6.17. The number of carboxylic acid groups (broad SMARTS) is 1. The molecule has 0 saturated carbocycles. The summed E-state index contributed by atoms with van der Waals surface area (Å²) in [5.41, 5.74) is 1.98. The topological polar surface area (TPSA) is 72.8 Å². The zero-order valence-corrected chi connectivity index (χ0v) is 17.1. The van der Waals surface area contributed by atoms with Gasteiger partial charge >= 0.3 is 18.2 Å². The maximum Gasteiger partial charge on any atom is 0.405 e. The summed E-state index contributed by atoms with van der Waals surface area (Å²) in [5, 5.41) is 10.4. The van der Waals surface area contributed by atoms with Gasteiger partial charge in [0.15, 0.2) is 0 Å². The van der Waals surface area contributed by atoms with Crippen molar-refractivity contribution in [1.29, 1.82) is 0 Å². The predicted octanol–water partition coefficient (Wildman–Crippen LogP) is 4.14. The minimum absolute atomic E-state index is 0.0121. The molecule has 4 unspecified atom stereocenters. The Balaban J connectivity index is 1.81. The fourth-order valence-corrected chi connectivity index (χ4v) is 4.78. The average molecular weight is 417 g/mol. The van der Waals surface area contributed by atoms with Crippen LogP contribution in [0.2, 0.25) is 5.02 Å². The standard InChI is InChI=1S/C22H22ClNO5/c1-3-20(25)29-21(22(26)27)24(2)11-16-14-6-4-5-7-18(14)28-19-9-8-13(23)10-15(19)17(16)12-24/h4-10,16-17,21H,3,11-12H2,1-2H3/p+1. The molecule has 0 aromatic heterocycles. The molecule has 4 atom stereocenters. The molecule has 1 fully saturated rings. The number of carboxylic acids is 1. The van der Waals surface area contributed by atoms with Crippen molar-refractivity contribution in [3.05, 3.63) is 58.6 Å². The Morgan fingerprint density at radius 1 is 1.17 bits per heavy atom. The Kier molecular flexibility index (Phi) is 5.00. The van der Waals surface area contributed by atoms with E-state index in [-0.39, 0.29) is 22.7 Å². The van der Waals surface area contributed by atoms with E-state index >= 15 is 0 Å². The first-order chi connectivity index (χ1) is 13.8. The van der Waals surface area contributed by atoms with E-state index in [9.17, 15) is 14.7 Å². The lowest BCUT2D eigenvalue weighted by atomic mass is 9.84. The first-order valence-electron chi connectivity index (χ1n) is 9.65. The van der Waals surface area contributed by atoms with Crippen LogP contribution in [0.5, 0.6) is 11.5 Å². The van der Waals surface area contributed by atoms with Crippen LogP contribution in [0.1, 0.15) is 36.3 Å². The van der Waals surface area contributed by atoms with Crippen LogP contribution in [0.3, 0.4) is 0 Å². The van der Waals surface area contributed by atoms with Crippen molar-refractivity contribution in [3.8, 4) is 11.5 Å². The molecular formula is C22H23ClNO5+. The number of hydrogen-bond acceptors (Lipinski definition) is 4. The summed E-state index contributed by atoms with van der Waals surface area (Å²) in [6.45, 7) is 2.65. The van der Waals surface area contributed by atoms with Gasteiger partial charge in [0.2, 0.25) is 0 Å². The maximum absolute atomic E-state index is 12.0. The number of quaternary nitrogens is 1. The molecule has 152 valence electrons. The highest BCUT2D eigenvalue weighted by atomic mass is 35.5. The lowest BCUT2D eigenvalue weighted by Crippen LogP contribution is -2.56. The largest absolute Gasteiger partial charge is 0.474 e. The number of ether oxygens (including phenoxy) is 2. The van der Waals surface area contributed by atoms with Crippen molar-refractivity contribution in [2.24, 2.45) is 0 Å². The quantitative estimate of drug-likeness (QED) is 0.599. The highest BCUT2D eigenvalue weighted by molar-refractivity contribution is 6.30. The molecule has 29 heavy (non-hydrogen) atoms. The highest BCUT2D eigenvalue weighted by Crippen LogP contribution is 2.52. The van der Waals surface area contributed by atoms with E-state index in [1.807, 2.05) is 43.4 Å². The summed E-state index contributed by atoms with van der Waals surface area (Å²) in [5.74, 6) is -0.176. The smallest absolute Gasteiger partial charge is 0.405 e. The van der Waals surface area contributed by atoms with Crippen LogP contribution >= 0.6 is 11.6 Å². The molecular weight excluding hydrogens is 394 g/mol. The van der Waals surface area contributed by atoms with Crippen LogP contribution in [0.25, 0.3) is 0 Å². The number of esters is 1. The van der Waals surface area contributed by atoms with Crippen LogP contribution in [-0.4, -0.2) is 47.9 Å². The number of fused-ring (bicyclic) bond motifs is 5. The first kappa shape index (κ1) is 19.7. The first-order valence-corrected chi connectivity index (χ1v) is 10.0. The number of halogens is 1. The molecule has 1 N–H and O–H groups in total. The SMILES string of the molecule is CCC(=O)OC(C(=O)O)[N+]1(C)CC2c3ccccc3Oc3ccc(Cl)cc3C2C1. The van der Waals surface area contributed by atoms with E-state index in [0.717, 1.165) is 22.6 Å². The van der Waals surface area contributed by atoms with Crippen molar-refractivity contribution in [1.82, 2.24) is 0 Å². The number of benzene rings is 2. The van der Waals surface area contributed by atoms with Crippen molar-refractivity contribution in [3.63, 3.8) is 0 Å². The molecule has 6 nitrogen and oxygen atoms in total. The average Bonchev–Trinajstić information content (AvgIpc) is 3.00.